The Kier molecular flexibility index (Phi) is 7.39. The molecule has 4 heteroatoms. The molecule has 0 atom stereocenters. The Morgan fingerprint density at radius 1 is 1.31 bits per heavy atom. The Morgan fingerprint density at radius 2 is 1.92 bits per heavy atom. The molecule has 0 spiro atoms. The van der Waals surface area contributed by atoms with Gasteiger partial charge in [0.05, 0.1) is 7.11 Å². The van der Waals surface area contributed by atoms with Crippen LogP contribution in [0.1, 0.15) is 39.0 Å². The fraction of sp³-hybridized carbons (Fsp3) is 0.889. The summed E-state index contributed by atoms with van der Waals surface area (Å²) in [6, 6.07) is 0. The lowest BCUT2D eigenvalue weighted by molar-refractivity contribution is 0.123. The number of methoxy groups -OCH3 is 1. The van der Waals surface area contributed by atoms with Crippen molar-refractivity contribution >= 4 is 6.09 Å². The first kappa shape index (κ1) is 12.2. The summed E-state index contributed by atoms with van der Waals surface area (Å²) in [6.07, 6.45) is 5.30. The van der Waals surface area contributed by atoms with E-state index in [2.05, 4.69) is 11.7 Å². The minimum absolute atomic E-state index is 0.463. The fourth-order valence-electron chi connectivity index (χ4n) is 1.09. The monoisotopic (exact) mass is 188 g/mol. The number of ether oxygens (including phenoxy) is 1. The maximum atomic E-state index is 10.8. The lowest BCUT2D eigenvalue weighted by Crippen LogP contribution is -2.37. The van der Waals surface area contributed by atoms with Gasteiger partial charge in [-0.15, -0.1) is 0 Å². The number of hydrogen-bond donors (Lipinski definition) is 1. The van der Waals surface area contributed by atoms with E-state index in [1.165, 1.54) is 26.4 Å². The summed E-state index contributed by atoms with van der Waals surface area (Å²) in [6.45, 7) is 2.75. The first-order valence-corrected chi connectivity index (χ1v) is 4.82. The number of nitrogens with zero attached hydrogens (tertiary/aromatic N) is 1. The number of carbonyl (C=O) groups excluding carboxylic acids is 1. The van der Waals surface area contributed by atoms with Crippen LogP contribution in [0.4, 0.5) is 4.79 Å². The van der Waals surface area contributed by atoms with Gasteiger partial charge in [-0.05, 0) is 6.42 Å². The lowest BCUT2D eigenvalue weighted by atomic mass is 10.1. The van der Waals surface area contributed by atoms with E-state index < -0.39 is 6.09 Å². The van der Waals surface area contributed by atoms with Crippen molar-refractivity contribution in [3.8, 4) is 0 Å². The summed E-state index contributed by atoms with van der Waals surface area (Å²) in [4.78, 5) is 10.8. The largest absolute Gasteiger partial charge is 0.452 e. The molecule has 0 unspecified atom stereocenters. The van der Waals surface area contributed by atoms with Crippen LogP contribution in [-0.4, -0.2) is 24.8 Å². The zero-order valence-corrected chi connectivity index (χ0v) is 8.58. The highest BCUT2D eigenvalue weighted by Gasteiger charge is 2.06. The van der Waals surface area contributed by atoms with E-state index >= 15 is 0 Å². The minimum atomic E-state index is -0.463. The average molecular weight is 188 g/mol. The van der Waals surface area contributed by atoms with Gasteiger partial charge in [0.2, 0.25) is 0 Å². The van der Waals surface area contributed by atoms with Crippen LogP contribution < -0.4 is 5.84 Å². The molecule has 1 amide bonds. The van der Waals surface area contributed by atoms with Crippen LogP contribution in [0.25, 0.3) is 0 Å². The van der Waals surface area contributed by atoms with E-state index in [1.807, 2.05) is 0 Å². The number of unbranched alkanes of at least 4 members (excludes halogenated alkanes) is 4. The summed E-state index contributed by atoms with van der Waals surface area (Å²) < 4.78 is 4.45. The maximum Gasteiger partial charge on any atom is 0.423 e. The first-order valence-electron chi connectivity index (χ1n) is 4.82. The number of hydrazine groups is 1. The highest BCUT2D eigenvalue weighted by Crippen LogP contribution is 2.02. The van der Waals surface area contributed by atoms with Gasteiger partial charge in [0.1, 0.15) is 0 Å². The molecule has 0 aliphatic carbocycles. The number of hydrogen-bond acceptors (Lipinski definition) is 3. The maximum absolute atomic E-state index is 10.8. The van der Waals surface area contributed by atoms with Crippen molar-refractivity contribution < 1.29 is 9.53 Å². The predicted octanol–water partition coefficient (Wildman–Crippen LogP) is 1.90. The van der Waals surface area contributed by atoms with Crippen molar-refractivity contribution in [2.45, 2.75) is 39.0 Å². The van der Waals surface area contributed by atoms with Gasteiger partial charge in [-0.25, -0.2) is 15.6 Å². The van der Waals surface area contributed by atoms with E-state index in [0.29, 0.717) is 6.54 Å². The molecular weight excluding hydrogens is 168 g/mol. The molecule has 4 nitrogen and oxygen atoms in total. The summed E-state index contributed by atoms with van der Waals surface area (Å²) in [7, 11) is 1.33. The molecule has 0 aliphatic rings. The molecule has 0 bridgehead atoms. The van der Waals surface area contributed by atoms with Crippen molar-refractivity contribution in [2.24, 2.45) is 5.84 Å². The van der Waals surface area contributed by atoms with Gasteiger partial charge in [0, 0.05) is 6.54 Å². The first-order chi connectivity index (χ1) is 6.22. The molecule has 2 N–H and O–H groups in total. The molecule has 0 heterocycles. The highest BCUT2D eigenvalue weighted by atomic mass is 16.5. The molecule has 0 aromatic heterocycles. The number of amides is 1. The molecule has 0 saturated carbocycles. The van der Waals surface area contributed by atoms with Gasteiger partial charge in [-0.1, -0.05) is 32.6 Å². The van der Waals surface area contributed by atoms with E-state index in [1.54, 1.807) is 0 Å². The number of carbonyl (C=O) groups is 1. The van der Waals surface area contributed by atoms with Crippen molar-refractivity contribution in [1.82, 2.24) is 5.01 Å². The average Bonchev–Trinajstić information content (AvgIpc) is 2.16. The Morgan fingerprint density at radius 3 is 2.46 bits per heavy atom. The van der Waals surface area contributed by atoms with Gasteiger partial charge in [-0.3, -0.25) is 0 Å². The van der Waals surface area contributed by atoms with Crippen LogP contribution in [0.3, 0.4) is 0 Å². The molecule has 0 rings (SSSR count). The second-order valence-electron chi connectivity index (χ2n) is 3.08. The summed E-state index contributed by atoms with van der Waals surface area (Å²) in [5, 5.41) is 1.12. The molecule has 13 heavy (non-hydrogen) atoms. The summed E-state index contributed by atoms with van der Waals surface area (Å²) in [5.74, 6) is 5.40. The second kappa shape index (κ2) is 7.86. The summed E-state index contributed by atoms with van der Waals surface area (Å²) >= 11 is 0. The third kappa shape index (κ3) is 6.40. The molecule has 0 aromatic carbocycles. The Bertz CT molecular complexity index is 140. The molecule has 0 aromatic rings. The van der Waals surface area contributed by atoms with Crippen LogP contribution in [0.15, 0.2) is 0 Å². The van der Waals surface area contributed by atoms with E-state index in [-0.39, 0.29) is 0 Å². The molecule has 0 saturated heterocycles. The lowest BCUT2D eigenvalue weighted by Gasteiger charge is -2.14. The number of nitrogens with two attached hydrogens (primary N) is 1. The molecule has 0 radical (unpaired) electrons. The van der Waals surface area contributed by atoms with Crippen LogP contribution in [0.5, 0.6) is 0 Å². The van der Waals surface area contributed by atoms with Gasteiger partial charge in [0.25, 0.3) is 0 Å². The van der Waals surface area contributed by atoms with Gasteiger partial charge in [0.15, 0.2) is 0 Å². The third-order valence-corrected chi connectivity index (χ3v) is 1.91. The molecule has 0 aliphatic heterocycles. The van der Waals surface area contributed by atoms with Crippen LogP contribution in [0.2, 0.25) is 0 Å². The van der Waals surface area contributed by atoms with Crippen molar-refractivity contribution in [2.75, 3.05) is 13.7 Å². The second-order valence-corrected chi connectivity index (χ2v) is 3.08. The fourth-order valence-corrected chi connectivity index (χ4v) is 1.09. The molecular formula is C9H20N2O2. The van der Waals surface area contributed by atoms with Gasteiger partial charge >= 0.3 is 6.09 Å². The van der Waals surface area contributed by atoms with Crippen LogP contribution >= 0.6 is 0 Å². The standard InChI is InChI=1S/C9H20N2O2/c1-3-4-5-6-7-8-11(10)9(12)13-2/h3-8,10H2,1-2H3. The van der Waals surface area contributed by atoms with Crippen LogP contribution in [0, 0.1) is 0 Å². The van der Waals surface area contributed by atoms with E-state index in [4.69, 9.17) is 5.84 Å². The Hall–Kier alpha value is -0.770. The topological polar surface area (TPSA) is 55.6 Å². The Labute approximate surface area is 80.0 Å². The number of rotatable bonds is 6. The molecule has 78 valence electrons. The van der Waals surface area contributed by atoms with Gasteiger partial charge in [-0.2, -0.15) is 0 Å². The minimum Gasteiger partial charge on any atom is -0.452 e. The van der Waals surface area contributed by atoms with Gasteiger partial charge < -0.3 is 4.74 Å². The zero-order valence-electron chi connectivity index (χ0n) is 8.58. The predicted molar refractivity (Wildman–Crippen MR) is 52.1 cm³/mol. The van der Waals surface area contributed by atoms with E-state index in [9.17, 15) is 4.79 Å². The molecule has 0 fully saturated rings. The normalized spacial score (nSPS) is 9.77. The quantitative estimate of drug-likeness (QED) is 0.300. The van der Waals surface area contributed by atoms with Crippen molar-refractivity contribution in [3.63, 3.8) is 0 Å². The SMILES string of the molecule is CCCCCCCN(N)C(=O)OC. The summed E-state index contributed by atoms with van der Waals surface area (Å²) in [5.41, 5.74) is 0. The third-order valence-electron chi connectivity index (χ3n) is 1.91. The zero-order chi connectivity index (χ0) is 10.1. The highest BCUT2D eigenvalue weighted by molar-refractivity contribution is 5.66. The van der Waals surface area contributed by atoms with E-state index in [0.717, 1.165) is 17.9 Å². The van der Waals surface area contributed by atoms with Crippen molar-refractivity contribution in [3.05, 3.63) is 0 Å². The Balaban J connectivity index is 3.26. The van der Waals surface area contributed by atoms with Crippen molar-refractivity contribution in [1.29, 1.82) is 0 Å². The van der Waals surface area contributed by atoms with Crippen LogP contribution in [-0.2, 0) is 4.74 Å². The smallest absolute Gasteiger partial charge is 0.423 e.